The number of hydrogen-bond donors (Lipinski definition) is 0. The Morgan fingerprint density at radius 2 is 1.91 bits per heavy atom. The van der Waals surface area contributed by atoms with E-state index in [0.29, 0.717) is 31.2 Å². The van der Waals surface area contributed by atoms with Gasteiger partial charge in [0.2, 0.25) is 5.91 Å². The molecule has 2 aromatic carbocycles. The first-order valence-corrected chi connectivity index (χ1v) is 13.3. The van der Waals surface area contributed by atoms with Crippen molar-refractivity contribution >= 4 is 39.1 Å². The van der Waals surface area contributed by atoms with E-state index in [1.807, 2.05) is 59.5 Å². The first-order chi connectivity index (χ1) is 16.6. The zero-order valence-electron chi connectivity index (χ0n) is 18.9. The molecule has 2 amide bonds. The second-order valence-electron chi connectivity index (χ2n) is 8.92. The minimum absolute atomic E-state index is 0.0255. The Morgan fingerprint density at radius 3 is 2.68 bits per heavy atom. The van der Waals surface area contributed by atoms with Gasteiger partial charge in [-0.1, -0.05) is 40.2 Å². The summed E-state index contributed by atoms with van der Waals surface area (Å²) in [5.41, 5.74) is 1.76. The van der Waals surface area contributed by atoms with E-state index in [1.54, 1.807) is 16.2 Å². The lowest BCUT2D eigenvalue weighted by atomic mass is 10.0. The van der Waals surface area contributed by atoms with Crippen LogP contribution in [0.4, 0.5) is 0 Å². The molecule has 0 bridgehead atoms. The molecule has 2 aliphatic rings. The number of fused-ring (bicyclic) bond motifs is 1. The summed E-state index contributed by atoms with van der Waals surface area (Å²) in [6.45, 7) is 1.74. The van der Waals surface area contributed by atoms with Gasteiger partial charge in [0.25, 0.3) is 5.91 Å². The van der Waals surface area contributed by atoms with Crippen LogP contribution in [0, 0.1) is 5.92 Å². The van der Waals surface area contributed by atoms with E-state index >= 15 is 0 Å². The standard InChI is InChI=1S/C27H27BrN2O3S/c28-21-6-4-5-20(15-21)27(32)29(16-19-9-10-19)17-26(31)30-13-11-25-23(12-14-34-25)24(30)18-33-22-7-2-1-3-8-22/h1-8,12,14-15,19,24H,9-11,13,16-18H2. The van der Waals surface area contributed by atoms with Crippen molar-refractivity contribution in [3.05, 3.63) is 86.5 Å². The molecule has 176 valence electrons. The zero-order valence-corrected chi connectivity index (χ0v) is 21.3. The molecular formula is C27H27BrN2O3S. The molecule has 2 heterocycles. The van der Waals surface area contributed by atoms with E-state index in [-0.39, 0.29) is 24.4 Å². The van der Waals surface area contributed by atoms with Crippen molar-refractivity contribution in [1.29, 1.82) is 0 Å². The molecule has 1 unspecified atom stereocenters. The molecule has 1 aliphatic carbocycles. The van der Waals surface area contributed by atoms with E-state index in [4.69, 9.17) is 4.74 Å². The van der Waals surface area contributed by atoms with Crippen LogP contribution in [-0.2, 0) is 11.2 Å². The maximum atomic E-state index is 13.6. The Morgan fingerprint density at radius 1 is 1.09 bits per heavy atom. The van der Waals surface area contributed by atoms with Gasteiger partial charge in [0, 0.05) is 28.0 Å². The number of carbonyl (C=O) groups excluding carboxylic acids is 2. The topological polar surface area (TPSA) is 49.9 Å². The maximum absolute atomic E-state index is 13.6. The van der Waals surface area contributed by atoms with Crippen LogP contribution in [0.1, 0.15) is 39.7 Å². The summed E-state index contributed by atoms with van der Waals surface area (Å²) in [7, 11) is 0. The van der Waals surface area contributed by atoms with Crippen LogP contribution in [0.15, 0.2) is 70.5 Å². The number of carbonyl (C=O) groups is 2. The maximum Gasteiger partial charge on any atom is 0.254 e. The lowest BCUT2D eigenvalue weighted by Gasteiger charge is -2.37. The molecule has 0 saturated heterocycles. The third-order valence-electron chi connectivity index (χ3n) is 6.43. The SMILES string of the molecule is O=C(c1cccc(Br)c1)N(CC(=O)N1CCc2sccc2C1COc1ccccc1)CC1CC1. The summed E-state index contributed by atoms with van der Waals surface area (Å²) in [4.78, 5) is 31.9. The highest BCUT2D eigenvalue weighted by Gasteiger charge is 2.35. The average molecular weight is 539 g/mol. The Kier molecular flexibility index (Phi) is 7.02. The second kappa shape index (κ2) is 10.3. The lowest BCUT2D eigenvalue weighted by Crippen LogP contribution is -2.48. The lowest BCUT2D eigenvalue weighted by molar-refractivity contribution is -0.135. The molecule has 1 aromatic heterocycles. The van der Waals surface area contributed by atoms with Crippen molar-refractivity contribution in [3.63, 3.8) is 0 Å². The fraction of sp³-hybridized carbons (Fsp3) is 0.333. The highest BCUT2D eigenvalue weighted by atomic mass is 79.9. The third kappa shape index (κ3) is 5.36. The molecule has 5 rings (SSSR count). The van der Waals surface area contributed by atoms with Gasteiger partial charge in [-0.05, 0) is 72.5 Å². The number of thiophene rings is 1. The molecule has 1 atom stereocenters. The monoisotopic (exact) mass is 538 g/mol. The van der Waals surface area contributed by atoms with Gasteiger partial charge in [-0.25, -0.2) is 0 Å². The Hall–Kier alpha value is -2.64. The molecule has 1 saturated carbocycles. The number of amides is 2. The van der Waals surface area contributed by atoms with E-state index in [1.165, 1.54) is 4.88 Å². The van der Waals surface area contributed by atoms with E-state index in [9.17, 15) is 9.59 Å². The van der Waals surface area contributed by atoms with Gasteiger partial charge < -0.3 is 14.5 Å². The van der Waals surface area contributed by atoms with Crippen LogP contribution in [-0.4, -0.2) is 47.9 Å². The number of ether oxygens (including phenoxy) is 1. The first-order valence-electron chi connectivity index (χ1n) is 11.7. The fourth-order valence-electron chi connectivity index (χ4n) is 4.46. The van der Waals surface area contributed by atoms with Gasteiger partial charge in [0.15, 0.2) is 0 Å². The highest BCUT2D eigenvalue weighted by molar-refractivity contribution is 9.10. The molecule has 0 N–H and O–H groups in total. The number of rotatable bonds is 8. The summed E-state index contributed by atoms with van der Waals surface area (Å²) in [5, 5.41) is 2.09. The third-order valence-corrected chi connectivity index (χ3v) is 7.92. The Labute approximate surface area is 212 Å². The molecule has 34 heavy (non-hydrogen) atoms. The molecule has 0 spiro atoms. The number of para-hydroxylation sites is 1. The molecule has 5 nitrogen and oxygen atoms in total. The summed E-state index contributed by atoms with van der Waals surface area (Å²) in [6, 6.07) is 19.0. The van der Waals surface area contributed by atoms with Crippen molar-refractivity contribution in [3.8, 4) is 5.75 Å². The minimum Gasteiger partial charge on any atom is -0.491 e. The van der Waals surface area contributed by atoms with Gasteiger partial charge in [0.05, 0.1) is 6.04 Å². The van der Waals surface area contributed by atoms with Crippen molar-refractivity contribution in [2.24, 2.45) is 5.92 Å². The molecule has 0 radical (unpaired) electrons. The number of hydrogen-bond acceptors (Lipinski definition) is 4. The number of halogens is 1. The van der Waals surface area contributed by atoms with Crippen LogP contribution < -0.4 is 4.74 Å². The second-order valence-corrected chi connectivity index (χ2v) is 10.8. The normalized spacial score (nSPS) is 17.2. The van der Waals surface area contributed by atoms with Crippen molar-refractivity contribution in [2.75, 3.05) is 26.2 Å². The number of nitrogens with zero attached hydrogens (tertiary/aromatic N) is 2. The van der Waals surface area contributed by atoms with E-state index in [0.717, 1.165) is 35.0 Å². The van der Waals surface area contributed by atoms with Crippen molar-refractivity contribution in [1.82, 2.24) is 9.80 Å². The van der Waals surface area contributed by atoms with E-state index < -0.39 is 0 Å². The van der Waals surface area contributed by atoms with Crippen LogP contribution in [0.5, 0.6) is 5.75 Å². The molecule has 1 aliphatic heterocycles. The minimum atomic E-state index is -0.161. The van der Waals surface area contributed by atoms with Gasteiger partial charge >= 0.3 is 0 Å². The number of benzene rings is 2. The Balaban J connectivity index is 1.34. The summed E-state index contributed by atoms with van der Waals surface area (Å²) < 4.78 is 6.94. The quantitative estimate of drug-likeness (QED) is 0.376. The highest BCUT2D eigenvalue weighted by Crippen LogP contribution is 2.35. The average Bonchev–Trinajstić information content (AvgIpc) is 3.54. The Bertz CT molecular complexity index is 1160. The van der Waals surface area contributed by atoms with Crippen LogP contribution >= 0.6 is 27.3 Å². The van der Waals surface area contributed by atoms with Crippen molar-refractivity contribution < 1.29 is 14.3 Å². The summed E-state index contributed by atoms with van der Waals surface area (Å²) in [5.74, 6) is 1.16. The summed E-state index contributed by atoms with van der Waals surface area (Å²) >= 11 is 5.19. The summed E-state index contributed by atoms with van der Waals surface area (Å²) in [6.07, 6.45) is 3.07. The van der Waals surface area contributed by atoms with Crippen molar-refractivity contribution in [2.45, 2.75) is 25.3 Å². The van der Waals surface area contributed by atoms with Crippen LogP contribution in [0.3, 0.4) is 0 Å². The zero-order chi connectivity index (χ0) is 23.5. The molecular weight excluding hydrogens is 512 g/mol. The fourth-order valence-corrected chi connectivity index (χ4v) is 5.78. The van der Waals surface area contributed by atoms with Gasteiger partial charge in [-0.2, -0.15) is 0 Å². The predicted octanol–water partition coefficient (Wildman–Crippen LogP) is 5.57. The van der Waals surface area contributed by atoms with Gasteiger partial charge in [-0.15, -0.1) is 11.3 Å². The molecule has 3 aromatic rings. The molecule has 7 heteroatoms. The smallest absolute Gasteiger partial charge is 0.254 e. The van der Waals surface area contributed by atoms with Crippen LogP contribution in [0.25, 0.3) is 0 Å². The van der Waals surface area contributed by atoms with Crippen LogP contribution in [0.2, 0.25) is 0 Å². The van der Waals surface area contributed by atoms with Gasteiger partial charge in [-0.3, -0.25) is 9.59 Å². The van der Waals surface area contributed by atoms with E-state index in [2.05, 4.69) is 27.4 Å². The van der Waals surface area contributed by atoms with Gasteiger partial charge in [0.1, 0.15) is 18.9 Å². The first kappa shape index (κ1) is 23.1. The predicted molar refractivity (Wildman–Crippen MR) is 137 cm³/mol. The largest absolute Gasteiger partial charge is 0.491 e. The molecule has 1 fully saturated rings.